The van der Waals surface area contributed by atoms with Crippen LogP contribution in [0.4, 0.5) is 0 Å². The average Bonchev–Trinajstić information content (AvgIpc) is 2.39. The van der Waals surface area contributed by atoms with Crippen LogP contribution in [-0.4, -0.2) is 35.5 Å². The van der Waals surface area contributed by atoms with E-state index in [2.05, 4.69) is 10.6 Å². The van der Waals surface area contributed by atoms with Gasteiger partial charge in [-0.05, 0) is 19.1 Å². The number of nitrogens with one attached hydrogen (secondary N) is 2. The minimum Gasteiger partial charge on any atom is -0.480 e. The van der Waals surface area contributed by atoms with E-state index in [-0.39, 0.29) is 6.42 Å². The molecule has 0 radical (unpaired) electrons. The summed E-state index contributed by atoms with van der Waals surface area (Å²) in [7, 11) is 0. The van der Waals surface area contributed by atoms with Crippen LogP contribution >= 0.6 is 0 Å². The van der Waals surface area contributed by atoms with Gasteiger partial charge in [0.1, 0.15) is 6.04 Å². The van der Waals surface area contributed by atoms with E-state index in [4.69, 9.17) is 5.11 Å². The Hall–Kier alpha value is -2.37. The third-order valence-corrected chi connectivity index (χ3v) is 2.40. The van der Waals surface area contributed by atoms with Crippen molar-refractivity contribution in [3.05, 3.63) is 35.9 Å². The quantitative estimate of drug-likeness (QED) is 0.693. The molecule has 1 rings (SSSR count). The zero-order chi connectivity index (χ0) is 14.3. The van der Waals surface area contributed by atoms with E-state index in [0.717, 1.165) is 0 Å². The molecule has 0 spiro atoms. The normalized spacial score (nSPS) is 11.4. The lowest BCUT2D eigenvalue weighted by Gasteiger charge is -2.14. The van der Waals surface area contributed by atoms with Crippen LogP contribution in [-0.2, 0) is 9.59 Å². The van der Waals surface area contributed by atoms with Gasteiger partial charge in [0.05, 0.1) is 6.42 Å². The number of hydrogen-bond donors (Lipinski definition) is 3. The van der Waals surface area contributed by atoms with E-state index in [1.54, 1.807) is 37.3 Å². The van der Waals surface area contributed by atoms with Gasteiger partial charge in [0.25, 0.3) is 5.91 Å². The van der Waals surface area contributed by atoms with Crippen molar-refractivity contribution in [1.82, 2.24) is 10.6 Å². The molecule has 1 atom stereocenters. The van der Waals surface area contributed by atoms with Crippen molar-refractivity contribution in [2.75, 3.05) is 6.54 Å². The van der Waals surface area contributed by atoms with Gasteiger partial charge in [0.15, 0.2) is 0 Å². The number of benzene rings is 1. The zero-order valence-electron chi connectivity index (χ0n) is 10.6. The van der Waals surface area contributed by atoms with Crippen LogP contribution in [0, 0.1) is 0 Å². The predicted molar refractivity (Wildman–Crippen MR) is 68.6 cm³/mol. The van der Waals surface area contributed by atoms with E-state index in [9.17, 15) is 14.4 Å². The van der Waals surface area contributed by atoms with Gasteiger partial charge in [-0.2, -0.15) is 0 Å². The first kappa shape index (κ1) is 14.7. The van der Waals surface area contributed by atoms with Gasteiger partial charge in [0.2, 0.25) is 5.91 Å². The van der Waals surface area contributed by atoms with Crippen molar-refractivity contribution in [3.8, 4) is 0 Å². The molecule has 0 aliphatic heterocycles. The lowest BCUT2D eigenvalue weighted by atomic mass is 10.1. The van der Waals surface area contributed by atoms with Gasteiger partial charge in [-0.25, -0.2) is 4.79 Å². The maximum Gasteiger partial charge on any atom is 0.326 e. The molecule has 6 heteroatoms. The Balaban J connectivity index is 2.66. The van der Waals surface area contributed by atoms with Gasteiger partial charge in [-0.15, -0.1) is 0 Å². The second kappa shape index (κ2) is 7.15. The first-order valence-corrected chi connectivity index (χ1v) is 5.90. The molecule has 1 aromatic carbocycles. The van der Waals surface area contributed by atoms with Gasteiger partial charge in [0, 0.05) is 12.1 Å². The third-order valence-electron chi connectivity index (χ3n) is 2.40. The van der Waals surface area contributed by atoms with E-state index in [1.807, 2.05) is 0 Å². The predicted octanol–water partition coefficient (Wildman–Crippen LogP) is 0.396. The maximum atomic E-state index is 11.8. The molecule has 0 aliphatic rings. The number of aliphatic carboxylic acids is 1. The standard InChI is InChI=1S/C13H16N2O4/c1-2-14-11(16)8-10(13(18)19)15-12(17)9-6-4-3-5-7-9/h3-7,10H,2,8H2,1H3,(H,14,16)(H,15,17)(H,18,19)/t10-/m1/s1. The Kier molecular flexibility index (Phi) is 5.53. The highest BCUT2D eigenvalue weighted by Crippen LogP contribution is 2.01. The Labute approximate surface area is 110 Å². The summed E-state index contributed by atoms with van der Waals surface area (Å²) in [5.41, 5.74) is 0.352. The van der Waals surface area contributed by atoms with Gasteiger partial charge in [-0.3, -0.25) is 9.59 Å². The molecular weight excluding hydrogens is 248 g/mol. The fraction of sp³-hybridized carbons (Fsp3) is 0.308. The largest absolute Gasteiger partial charge is 0.480 e. The summed E-state index contributed by atoms with van der Waals surface area (Å²) in [5, 5.41) is 13.8. The van der Waals surface area contributed by atoms with Crippen molar-refractivity contribution in [1.29, 1.82) is 0 Å². The van der Waals surface area contributed by atoms with Crippen LogP contribution in [0.15, 0.2) is 30.3 Å². The van der Waals surface area contributed by atoms with Crippen LogP contribution in [0.1, 0.15) is 23.7 Å². The number of carbonyl (C=O) groups is 3. The number of carboxylic acid groups (broad SMARTS) is 1. The molecule has 0 aliphatic carbocycles. The lowest BCUT2D eigenvalue weighted by molar-refractivity contribution is -0.141. The fourth-order valence-corrected chi connectivity index (χ4v) is 1.49. The minimum atomic E-state index is -1.24. The van der Waals surface area contributed by atoms with Crippen molar-refractivity contribution in [2.24, 2.45) is 0 Å². The van der Waals surface area contributed by atoms with E-state index < -0.39 is 23.8 Å². The van der Waals surface area contributed by atoms with Crippen LogP contribution < -0.4 is 10.6 Å². The molecule has 102 valence electrons. The van der Waals surface area contributed by atoms with Crippen LogP contribution in [0.5, 0.6) is 0 Å². The molecule has 19 heavy (non-hydrogen) atoms. The molecule has 0 unspecified atom stereocenters. The van der Waals surface area contributed by atoms with Gasteiger partial charge >= 0.3 is 5.97 Å². The Bertz CT molecular complexity index is 459. The van der Waals surface area contributed by atoms with E-state index >= 15 is 0 Å². The second-order valence-electron chi connectivity index (χ2n) is 3.89. The molecule has 0 fully saturated rings. The van der Waals surface area contributed by atoms with Crippen molar-refractivity contribution >= 4 is 17.8 Å². The Morgan fingerprint density at radius 1 is 1.21 bits per heavy atom. The molecule has 6 nitrogen and oxygen atoms in total. The minimum absolute atomic E-state index is 0.290. The van der Waals surface area contributed by atoms with Gasteiger partial charge in [-0.1, -0.05) is 18.2 Å². The van der Waals surface area contributed by atoms with Crippen molar-refractivity contribution in [3.63, 3.8) is 0 Å². The molecule has 0 heterocycles. The lowest BCUT2D eigenvalue weighted by Crippen LogP contribution is -2.44. The van der Waals surface area contributed by atoms with Crippen molar-refractivity contribution < 1.29 is 19.5 Å². The molecule has 0 bridgehead atoms. The SMILES string of the molecule is CCNC(=O)C[C@@H](NC(=O)c1ccccc1)C(=O)O. The van der Waals surface area contributed by atoms with E-state index in [0.29, 0.717) is 12.1 Å². The summed E-state index contributed by atoms with van der Waals surface area (Å²) in [5.74, 6) is -2.17. The Morgan fingerprint density at radius 3 is 2.37 bits per heavy atom. The maximum absolute atomic E-state index is 11.8. The third kappa shape index (κ3) is 4.79. The van der Waals surface area contributed by atoms with Gasteiger partial charge < -0.3 is 15.7 Å². The molecule has 0 saturated carbocycles. The van der Waals surface area contributed by atoms with Crippen LogP contribution in [0.2, 0.25) is 0 Å². The monoisotopic (exact) mass is 264 g/mol. The summed E-state index contributed by atoms with van der Waals surface area (Å²) in [6, 6.07) is 7.00. The number of amides is 2. The number of rotatable bonds is 6. The zero-order valence-corrected chi connectivity index (χ0v) is 10.6. The first-order valence-electron chi connectivity index (χ1n) is 5.90. The molecule has 0 aromatic heterocycles. The summed E-state index contributed by atoms with van der Waals surface area (Å²) < 4.78 is 0. The molecular formula is C13H16N2O4. The van der Waals surface area contributed by atoms with Crippen molar-refractivity contribution in [2.45, 2.75) is 19.4 Å². The number of carboxylic acids is 1. The number of carbonyl (C=O) groups excluding carboxylic acids is 2. The molecule has 0 saturated heterocycles. The second-order valence-corrected chi connectivity index (χ2v) is 3.89. The molecule has 3 N–H and O–H groups in total. The Morgan fingerprint density at radius 2 is 1.84 bits per heavy atom. The number of hydrogen-bond acceptors (Lipinski definition) is 3. The van der Waals surface area contributed by atoms with Crippen LogP contribution in [0.25, 0.3) is 0 Å². The summed E-state index contributed by atoms with van der Waals surface area (Å²) in [6.07, 6.45) is -0.290. The highest BCUT2D eigenvalue weighted by molar-refractivity contribution is 5.97. The summed E-state index contributed by atoms with van der Waals surface area (Å²) >= 11 is 0. The molecule has 1 aromatic rings. The topological polar surface area (TPSA) is 95.5 Å². The first-order chi connectivity index (χ1) is 9.04. The highest BCUT2D eigenvalue weighted by atomic mass is 16.4. The van der Waals surface area contributed by atoms with Crippen LogP contribution in [0.3, 0.4) is 0 Å². The summed E-state index contributed by atoms with van der Waals surface area (Å²) in [6.45, 7) is 2.15. The van der Waals surface area contributed by atoms with E-state index in [1.165, 1.54) is 0 Å². The summed E-state index contributed by atoms with van der Waals surface area (Å²) in [4.78, 5) is 34.2. The smallest absolute Gasteiger partial charge is 0.326 e. The molecule has 2 amide bonds. The highest BCUT2D eigenvalue weighted by Gasteiger charge is 2.23. The fourth-order valence-electron chi connectivity index (χ4n) is 1.49. The average molecular weight is 264 g/mol.